The summed E-state index contributed by atoms with van der Waals surface area (Å²) in [6.07, 6.45) is 0. The van der Waals surface area contributed by atoms with Gasteiger partial charge in [-0.2, -0.15) is 4.57 Å². The molecule has 0 bridgehead atoms. The Morgan fingerprint density at radius 3 is 2.00 bits per heavy atom. The zero-order valence-electron chi connectivity index (χ0n) is 10.9. The summed E-state index contributed by atoms with van der Waals surface area (Å²) in [5, 5.41) is 1.78. The molecular weight excluding hydrogens is 287 g/mol. The number of rotatable bonds is 2. The second kappa shape index (κ2) is 4.54. The van der Waals surface area contributed by atoms with Gasteiger partial charge in [-0.1, -0.05) is 42.5 Å². The third-order valence-corrected chi connectivity index (χ3v) is 4.48. The second-order valence-electron chi connectivity index (χ2n) is 4.64. The quantitative estimate of drug-likeness (QED) is 0.638. The van der Waals surface area contributed by atoms with Gasteiger partial charge in [0.15, 0.2) is 0 Å². The lowest BCUT2D eigenvalue weighted by Crippen LogP contribution is -2.11. The molecule has 1 heterocycles. The van der Waals surface area contributed by atoms with Crippen molar-refractivity contribution in [2.24, 2.45) is 0 Å². The average Bonchev–Trinajstić information content (AvgIpc) is 2.48. The summed E-state index contributed by atoms with van der Waals surface area (Å²) < 4.78 is 29.2. The van der Waals surface area contributed by atoms with Crippen LogP contribution in [0.25, 0.3) is 10.8 Å². The lowest BCUT2D eigenvalue weighted by molar-refractivity contribution is 0.293. The number of phosphoric acid groups is 1. The van der Waals surface area contributed by atoms with E-state index < -0.39 is 7.82 Å². The first-order valence-corrected chi connectivity index (χ1v) is 7.95. The lowest BCUT2D eigenvalue weighted by Gasteiger charge is -2.25. The predicted molar refractivity (Wildman–Crippen MR) is 79.9 cm³/mol. The molecule has 0 aromatic heterocycles. The van der Waals surface area contributed by atoms with E-state index in [4.69, 9.17) is 13.6 Å². The van der Waals surface area contributed by atoms with Crippen LogP contribution in [0.5, 0.6) is 17.2 Å². The van der Waals surface area contributed by atoms with E-state index in [0.717, 1.165) is 10.8 Å². The molecule has 0 radical (unpaired) electrons. The highest BCUT2D eigenvalue weighted by Gasteiger charge is 2.38. The average molecular weight is 298 g/mol. The first-order valence-electron chi connectivity index (χ1n) is 6.49. The molecule has 1 aliphatic heterocycles. The van der Waals surface area contributed by atoms with Crippen molar-refractivity contribution < 1.29 is 18.1 Å². The predicted octanol–water partition coefficient (Wildman–Crippen LogP) is 4.80. The van der Waals surface area contributed by atoms with Crippen LogP contribution in [0.1, 0.15) is 0 Å². The summed E-state index contributed by atoms with van der Waals surface area (Å²) in [7, 11) is -3.73. The summed E-state index contributed by atoms with van der Waals surface area (Å²) in [6, 6.07) is 19.9. The smallest absolute Gasteiger partial charge is 0.386 e. The van der Waals surface area contributed by atoms with Crippen molar-refractivity contribution in [1.29, 1.82) is 0 Å². The third-order valence-electron chi connectivity index (χ3n) is 3.21. The molecule has 0 fully saturated rings. The molecule has 104 valence electrons. The van der Waals surface area contributed by atoms with Crippen molar-refractivity contribution in [3.05, 3.63) is 66.7 Å². The lowest BCUT2D eigenvalue weighted by atomic mass is 10.1. The van der Waals surface area contributed by atoms with E-state index in [1.54, 1.807) is 36.4 Å². The molecule has 5 heteroatoms. The van der Waals surface area contributed by atoms with E-state index in [-0.39, 0.29) is 0 Å². The molecule has 3 aromatic carbocycles. The van der Waals surface area contributed by atoms with Crippen molar-refractivity contribution in [2.45, 2.75) is 0 Å². The van der Waals surface area contributed by atoms with Crippen LogP contribution in [0.15, 0.2) is 66.7 Å². The Kier molecular flexibility index (Phi) is 2.66. The molecule has 0 aliphatic carbocycles. The fraction of sp³-hybridized carbons (Fsp3) is 0. The number of hydrogen-bond acceptors (Lipinski definition) is 4. The van der Waals surface area contributed by atoms with Crippen LogP contribution in [0.3, 0.4) is 0 Å². The standard InChI is InChI=1S/C16H11O4P/c17-21(18-13-8-2-1-3-9-13)19-14-10-4-6-12-7-5-11-15(20-21)16(12)14/h1-11H. The van der Waals surface area contributed by atoms with Gasteiger partial charge in [-0.05, 0) is 29.7 Å². The SMILES string of the molecule is O=P1(Oc2ccccc2)Oc2cccc3cccc(c23)O1. The minimum Gasteiger partial charge on any atom is -0.386 e. The summed E-state index contributed by atoms with van der Waals surface area (Å²) in [5.74, 6) is 1.45. The number of para-hydroxylation sites is 1. The van der Waals surface area contributed by atoms with Gasteiger partial charge < -0.3 is 13.6 Å². The Morgan fingerprint density at radius 1 is 0.762 bits per heavy atom. The molecule has 1 aliphatic rings. The van der Waals surface area contributed by atoms with Crippen LogP contribution >= 0.6 is 7.82 Å². The monoisotopic (exact) mass is 298 g/mol. The minimum atomic E-state index is -3.73. The number of phosphoric ester groups is 1. The Labute approximate surface area is 121 Å². The summed E-state index contributed by atoms with van der Waals surface area (Å²) >= 11 is 0. The summed E-state index contributed by atoms with van der Waals surface area (Å²) in [6.45, 7) is 0. The highest BCUT2D eigenvalue weighted by Crippen LogP contribution is 2.56. The van der Waals surface area contributed by atoms with Crippen LogP contribution in [-0.2, 0) is 4.57 Å². The van der Waals surface area contributed by atoms with Gasteiger partial charge in [-0.15, -0.1) is 0 Å². The van der Waals surface area contributed by atoms with E-state index in [0.29, 0.717) is 17.2 Å². The normalized spacial score (nSPS) is 15.0. The van der Waals surface area contributed by atoms with Gasteiger partial charge in [0.2, 0.25) is 0 Å². The molecule has 0 unspecified atom stereocenters. The van der Waals surface area contributed by atoms with Crippen molar-refractivity contribution in [1.82, 2.24) is 0 Å². The van der Waals surface area contributed by atoms with Gasteiger partial charge in [-0.3, -0.25) is 0 Å². The molecule has 4 rings (SSSR count). The molecular formula is C16H11O4P. The van der Waals surface area contributed by atoms with Gasteiger partial charge in [0.1, 0.15) is 17.2 Å². The molecule has 21 heavy (non-hydrogen) atoms. The zero-order chi connectivity index (χ0) is 14.3. The first-order chi connectivity index (χ1) is 10.2. The maximum absolute atomic E-state index is 12.7. The Morgan fingerprint density at radius 2 is 1.38 bits per heavy atom. The van der Waals surface area contributed by atoms with Gasteiger partial charge >= 0.3 is 7.82 Å². The summed E-state index contributed by atoms with van der Waals surface area (Å²) in [4.78, 5) is 0. The van der Waals surface area contributed by atoms with Gasteiger partial charge in [0.25, 0.3) is 0 Å². The van der Waals surface area contributed by atoms with Gasteiger partial charge in [0.05, 0.1) is 5.39 Å². The Hall–Kier alpha value is -2.45. The van der Waals surface area contributed by atoms with E-state index in [1.807, 2.05) is 30.3 Å². The fourth-order valence-corrected chi connectivity index (χ4v) is 3.61. The molecule has 0 spiro atoms. The van der Waals surface area contributed by atoms with Crippen molar-refractivity contribution >= 4 is 18.6 Å². The van der Waals surface area contributed by atoms with Crippen LogP contribution < -0.4 is 13.6 Å². The minimum absolute atomic E-state index is 0.437. The van der Waals surface area contributed by atoms with Crippen molar-refractivity contribution in [3.63, 3.8) is 0 Å². The maximum Gasteiger partial charge on any atom is 0.647 e. The summed E-state index contributed by atoms with van der Waals surface area (Å²) in [5.41, 5.74) is 0. The zero-order valence-corrected chi connectivity index (χ0v) is 11.8. The molecule has 4 nitrogen and oxygen atoms in total. The van der Waals surface area contributed by atoms with Crippen molar-refractivity contribution in [3.8, 4) is 17.2 Å². The van der Waals surface area contributed by atoms with Crippen LogP contribution in [0.4, 0.5) is 0 Å². The topological polar surface area (TPSA) is 44.8 Å². The van der Waals surface area contributed by atoms with E-state index in [9.17, 15) is 4.57 Å². The molecule has 3 aromatic rings. The Bertz CT molecular complexity index is 816. The molecule has 0 saturated carbocycles. The Balaban J connectivity index is 1.78. The largest absolute Gasteiger partial charge is 0.647 e. The third kappa shape index (κ3) is 2.14. The highest BCUT2D eigenvalue weighted by atomic mass is 31.2. The van der Waals surface area contributed by atoms with E-state index >= 15 is 0 Å². The fourth-order valence-electron chi connectivity index (χ4n) is 2.33. The molecule has 0 amide bonds. The molecule has 0 N–H and O–H groups in total. The van der Waals surface area contributed by atoms with Crippen molar-refractivity contribution in [2.75, 3.05) is 0 Å². The molecule has 0 atom stereocenters. The number of hydrogen-bond donors (Lipinski definition) is 0. The van der Waals surface area contributed by atoms with E-state index in [2.05, 4.69) is 0 Å². The van der Waals surface area contributed by atoms with Crippen LogP contribution in [0, 0.1) is 0 Å². The first kappa shape index (κ1) is 12.3. The second-order valence-corrected chi connectivity index (χ2v) is 6.09. The van der Waals surface area contributed by atoms with Crippen LogP contribution in [0.2, 0.25) is 0 Å². The van der Waals surface area contributed by atoms with Gasteiger partial charge in [0, 0.05) is 0 Å². The molecule has 0 saturated heterocycles. The number of benzene rings is 3. The van der Waals surface area contributed by atoms with Crippen LogP contribution in [-0.4, -0.2) is 0 Å². The van der Waals surface area contributed by atoms with Gasteiger partial charge in [-0.25, -0.2) is 0 Å². The maximum atomic E-state index is 12.7. The van der Waals surface area contributed by atoms with E-state index in [1.165, 1.54) is 0 Å². The highest BCUT2D eigenvalue weighted by molar-refractivity contribution is 7.50.